The fourth-order valence-corrected chi connectivity index (χ4v) is 1.74. The number of hydrogen-bond donors (Lipinski definition) is 2. The van der Waals surface area contributed by atoms with E-state index < -0.39 is 16.9 Å². The summed E-state index contributed by atoms with van der Waals surface area (Å²) in [6, 6.07) is 0. The molecule has 92 valence electrons. The Kier molecular flexibility index (Phi) is 6.46. The monoisotopic (exact) mass is 265 g/mol. The average molecular weight is 265 g/mol. The predicted octanol–water partition coefficient (Wildman–Crippen LogP) is -0.754. The van der Waals surface area contributed by atoms with Crippen molar-refractivity contribution in [3.8, 4) is 5.88 Å². The SMILES string of the molecule is CS(=O)CCNCC(O)COc1cnsn1. The highest BCUT2D eigenvalue weighted by Crippen LogP contribution is 2.04. The van der Waals surface area contributed by atoms with Gasteiger partial charge in [-0.05, 0) is 0 Å². The van der Waals surface area contributed by atoms with Crippen molar-refractivity contribution in [1.82, 2.24) is 14.1 Å². The lowest BCUT2D eigenvalue weighted by Gasteiger charge is -2.11. The number of nitrogens with zero attached hydrogens (tertiary/aromatic N) is 2. The molecule has 0 radical (unpaired) electrons. The predicted molar refractivity (Wildman–Crippen MR) is 63.2 cm³/mol. The molecule has 1 aromatic heterocycles. The van der Waals surface area contributed by atoms with E-state index >= 15 is 0 Å². The van der Waals surface area contributed by atoms with Gasteiger partial charge in [-0.1, -0.05) is 0 Å². The minimum absolute atomic E-state index is 0.174. The van der Waals surface area contributed by atoms with Crippen molar-refractivity contribution in [2.45, 2.75) is 6.10 Å². The molecule has 0 aromatic carbocycles. The van der Waals surface area contributed by atoms with E-state index in [9.17, 15) is 9.32 Å². The number of aromatic nitrogens is 2. The van der Waals surface area contributed by atoms with E-state index in [1.165, 1.54) is 6.20 Å². The molecule has 2 atom stereocenters. The van der Waals surface area contributed by atoms with Crippen molar-refractivity contribution in [2.75, 3.05) is 31.7 Å². The van der Waals surface area contributed by atoms with Crippen LogP contribution in [0.15, 0.2) is 6.20 Å². The van der Waals surface area contributed by atoms with Crippen molar-refractivity contribution < 1.29 is 14.1 Å². The van der Waals surface area contributed by atoms with Crippen LogP contribution in [-0.2, 0) is 10.8 Å². The first-order chi connectivity index (χ1) is 7.68. The summed E-state index contributed by atoms with van der Waals surface area (Å²) in [6.07, 6.45) is 2.55. The summed E-state index contributed by atoms with van der Waals surface area (Å²) in [5.41, 5.74) is 0. The summed E-state index contributed by atoms with van der Waals surface area (Å²) < 4.78 is 23.5. The molecule has 0 saturated heterocycles. The van der Waals surface area contributed by atoms with Crippen LogP contribution in [-0.4, -0.2) is 55.9 Å². The van der Waals surface area contributed by atoms with Gasteiger partial charge < -0.3 is 15.2 Å². The molecular weight excluding hydrogens is 250 g/mol. The van der Waals surface area contributed by atoms with Gasteiger partial charge in [-0.2, -0.15) is 4.37 Å². The smallest absolute Gasteiger partial charge is 0.245 e. The summed E-state index contributed by atoms with van der Waals surface area (Å²) in [5, 5.41) is 12.5. The molecule has 16 heavy (non-hydrogen) atoms. The Morgan fingerprint density at radius 1 is 1.75 bits per heavy atom. The van der Waals surface area contributed by atoms with Gasteiger partial charge >= 0.3 is 0 Å². The molecule has 0 aliphatic carbocycles. The van der Waals surface area contributed by atoms with Gasteiger partial charge in [0, 0.05) is 35.9 Å². The van der Waals surface area contributed by atoms with E-state index in [-0.39, 0.29) is 6.61 Å². The van der Waals surface area contributed by atoms with Crippen LogP contribution in [0.3, 0.4) is 0 Å². The van der Waals surface area contributed by atoms with Crippen LogP contribution in [0.4, 0.5) is 0 Å². The summed E-state index contributed by atoms with van der Waals surface area (Å²) >= 11 is 1.06. The molecule has 0 aliphatic rings. The molecule has 0 aliphatic heterocycles. The maximum atomic E-state index is 10.7. The second-order valence-electron chi connectivity index (χ2n) is 3.19. The first-order valence-corrected chi connectivity index (χ1v) is 7.23. The van der Waals surface area contributed by atoms with Crippen LogP contribution in [0.1, 0.15) is 0 Å². The highest BCUT2D eigenvalue weighted by atomic mass is 32.2. The average Bonchev–Trinajstić information content (AvgIpc) is 2.74. The Morgan fingerprint density at radius 3 is 3.19 bits per heavy atom. The summed E-state index contributed by atoms with van der Waals surface area (Å²) in [4.78, 5) is 0. The van der Waals surface area contributed by atoms with E-state index in [4.69, 9.17) is 4.74 Å². The molecule has 1 heterocycles. The van der Waals surface area contributed by atoms with Gasteiger partial charge in [0.15, 0.2) is 0 Å². The second-order valence-corrected chi connectivity index (χ2v) is 5.30. The molecule has 0 spiro atoms. The number of hydrogen-bond acceptors (Lipinski definition) is 7. The van der Waals surface area contributed by atoms with Crippen molar-refractivity contribution in [2.24, 2.45) is 0 Å². The summed E-state index contributed by atoms with van der Waals surface area (Å²) in [7, 11) is -0.801. The minimum atomic E-state index is -0.801. The molecule has 8 heteroatoms. The zero-order valence-corrected chi connectivity index (χ0v) is 10.6. The van der Waals surface area contributed by atoms with E-state index in [1.807, 2.05) is 0 Å². The van der Waals surface area contributed by atoms with E-state index in [0.29, 0.717) is 24.7 Å². The van der Waals surface area contributed by atoms with Gasteiger partial charge in [0.05, 0.1) is 11.7 Å². The number of aliphatic hydroxyl groups is 1. The lowest BCUT2D eigenvalue weighted by molar-refractivity contribution is 0.105. The number of aliphatic hydroxyl groups excluding tert-OH is 1. The van der Waals surface area contributed by atoms with Gasteiger partial charge in [-0.25, -0.2) is 0 Å². The van der Waals surface area contributed by atoms with Gasteiger partial charge in [0.25, 0.3) is 0 Å². The highest BCUT2D eigenvalue weighted by molar-refractivity contribution is 7.84. The lowest BCUT2D eigenvalue weighted by atomic mass is 10.4. The Morgan fingerprint density at radius 2 is 2.56 bits per heavy atom. The minimum Gasteiger partial charge on any atom is -0.473 e. The maximum Gasteiger partial charge on any atom is 0.245 e. The quantitative estimate of drug-likeness (QED) is 0.601. The van der Waals surface area contributed by atoms with E-state index in [1.54, 1.807) is 6.26 Å². The first kappa shape index (κ1) is 13.5. The third-order valence-electron chi connectivity index (χ3n) is 1.71. The van der Waals surface area contributed by atoms with Gasteiger partial charge in [0.1, 0.15) is 18.9 Å². The highest BCUT2D eigenvalue weighted by Gasteiger charge is 2.05. The zero-order chi connectivity index (χ0) is 11.8. The molecule has 2 unspecified atom stereocenters. The topological polar surface area (TPSA) is 84.3 Å². The summed E-state index contributed by atoms with van der Waals surface area (Å²) in [6.45, 7) is 1.21. The number of rotatable bonds is 8. The van der Waals surface area contributed by atoms with Gasteiger partial charge in [-0.3, -0.25) is 4.21 Å². The van der Waals surface area contributed by atoms with Crippen molar-refractivity contribution >= 4 is 22.5 Å². The van der Waals surface area contributed by atoms with Crippen molar-refractivity contribution in [1.29, 1.82) is 0 Å². The largest absolute Gasteiger partial charge is 0.473 e. The van der Waals surface area contributed by atoms with E-state index in [0.717, 1.165) is 11.7 Å². The van der Waals surface area contributed by atoms with E-state index in [2.05, 4.69) is 14.1 Å². The Bertz CT molecular complexity index is 307. The third-order valence-corrected chi connectivity index (χ3v) is 2.95. The second kappa shape index (κ2) is 7.66. The van der Waals surface area contributed by atoms with Crippen LogP contribution < -0.4 is 10.1 Å². The van der Waals surface area contributed by atoms with Crippen molar-refractivity contribution in [3.63, 3.8) is 0 Å². The fourth-order valence-electron chi connectivity index (χ4n) is 0.945. The van der Waals surface area contributed by atoms with Crippen LogP contribution >= 0.6 is 11.7 Å². The molecule has 6 nitrogen and oxygen atoms in total. The molecular formula is C8H15N3O3S2. The molecule has 1 aromatic rings. The van der Waals surface area contributed by atoms with Crippen LogP contribution in [0, 0.1) is 0 Å². The first-order valence-electron chi connectivity index (χ1n) is 4.77. The molecule has 0 bridgehead atoms. The Balaban J connectivity index is 2.02. The van der Waals surface area contributed by atoms with Crippen LogP contribution in [0.5, 0.6) is 5.88 Å². The molecule has 0 saturated carbocycles. The molecule has 0 fully saturated rings. The maximum absolute atomic E-state index is 10.7. The molecule has 0 amide bonds. The molecule has 2 N–H and O–H groups in total. The lowest BCUT2D eigenvalue weighted by Crippen LogP contribution is -2.33. The zero-order valence-electron chi connectivity index (χ0n) is 8.96. The normalized spacial score (nSPS) is 14.6. The van der Waals surface area contributed by atoms with Gasteiger partial charge in [-0.15, -0.1) is 4.37 Å². The standard InChI is InChI=1S/C8H15N3O3S2/c1-16(13)3-2-9-4-7(12)6-14-8-5-10-15-11-8/h5,7,9,12H,2-4,6H2,1H3. The third kappa shape index (κ3) is 6.11. The Hall–Kier alpha value is -0.570. The fraction of sp³-hybridized carbons (Fsp3) is 0.750. The number of ether oxygens (including phenoxy) is 1. The number of nitrogens with one attached hydrogen (secondary N) is 1. The van der Waals surface area contributed by atoms with Crippen molar-refractivity contribution in [3.05, 3.63) is 6.20 Å². The summed E-state index contributed by atoms with van der Waals surface area (Å²) in [5.74, 6) is 1.02. The van der Waals surface area contributed by atoms with Crippen LogP contribution in [0.2, 0.25) is 0 Å². The van der Waals surface area contributed by atoms with Gasteiger partial charge in [0.2, 0.25) is 5.88 Å². The molecule has 1 rings (SSSR count). The van der Waals surface area contributed by atoms with Crippen LogP contribution in [0.25, 0.3) is 0 Å². The Labute approximate surface area is 101 Å².